The zero-order valence-corrected chi connectivity index (χ0v) is 9.71. The molecule has 0 aliphatic carbocycles. The molecule has 88 valence electrons. The summed E-state index contributed by atoms with van der Waals surface area (Å²) in [5.74, 6) is 0.268. The Kier molecular flexibility index (Phi) is 9.63. The van der Waals surface area contributed by atoms with Crippen LogP contribution in [0.3, 0.4) is 0 Å². The number of ether oxygens (including phenoxy) is 1. The zero-order chi connectivity index (χ0) is 11.5. The maximum absolute atomic E-state index is 11.0. The van der Waals surface area contributed by atoms with Gasteiger partial charge in [-0.2, -0.15) is 0 Å². The standard InChI is InChI=1S/C11H19ClO3/c1-2-9-15-11(14)6-4-3-5-10(13)7-8-12/h2,10,13H,1,3-9H2/t10-/m0/s1. The fourth-order valence-electron chi connectivity index (χ4n) is 1.14. The van der Waals surface area contributed by atoms with Crippen LogP contribution in [0.25, 0.3) is 0 Å². The van der Waals surface area contributed by atoms with Crippen molar-refractivity contribution >= 4 is 17.6 Å². The molecule has 0 aliphatic heterocycles. The van der Waals surface area contributed by atoms with E-state index < -0.39 is 0 Å². The molecule has 3 nitrogen and oxygen atoms in total. The molecule has 0 spiro atoms. The molecule has 0 aromatic carbocycles. The molecule has 1 atom stereocenters. The second-order valence-corrected chi connectivity index (χ2v) is 3.73. The van der Waals surface area contributed by atoms with E-state index in [-0.39, 0.29) is 18.7 Å². The largest absolute Gasteiger partial charge is 0.461 e. The first kappa shape index (κ1) is 14.5. The quantitative estimate of drug-likeness (QED) is 0.288. The van der Waals surface area contributed by atoms with Gasteiger partial charge in [0.2, 0.25) is 0 Å². The topological polar surface area (TPSA) is 46.5 Å². The van der Waals surface area contributed by atoms with E-state index in [1.165, 1.54) is 0 Å². The van der Waals surface area contributed by atoms with Crippen molar-refractivity contribution in [3.8, 4) is 0 Å². The Bertz CT molecular complexity index is 183. The summed E-state index contributed by atoms with van der Waals surface area (Å²) in [5, 5.41) is 9.34. The molecule has 0 saturated carbocycles. The van der Waals surface area contributed by atoms with E-state index in [9.17, 15) is 9.90 Å². The maximum Gasteiger partial charge on any atom is 0.306 e. The molecule has 15 heavy (non-hydrogen) atoms. The molecule has 1 N–H and O–H groups in total. The van der Waals surface area contributed by atoms with E-state index in [1.54, 1.807) is 6.08 Å². The van der Waals surface area contributed by atoms with Crippen molar-refractivity contribution < 1.29 is 14.6 Å². The number of alkyl halides is 1. The number of hydrogen-bond donors (Lipinski definition) is 1. The molecule has 0 fully saturated rings. The predicted octanol–water partition coefficient (Wildman–Crippen LogP) is 2.27. The Morgan fingerprint density at radius 3 is 2.80 bits per heavy atom. The van der Waals surface area contributed by atoms with Crippen LogP contribution in [0.1, 0.15) is 32.1 Å². The highest BCUT2D eigenvalue weighted by molar-refractivity contribution is 6.17. The molecule has 0 heterocycles. The lowest BCUT2D eigenvalue weighted by molar-refractivity contribution is -0.142. The van der Waals surface area contributed by atoms with Gasteiger partial charge in [0.15, 0.2) is 0 Å². The monoisotopic (exact) mass is 234 g/mol. The molecule has 0 radical (unpaired) electrons. The molecule has 0 aromatic heterocycles. The lowest BCUT2D eigenvalue weighted by Crippen LogP contribution is -2.08. The van der Waals surface area contributed by atoms with Gasteiger partial charge in [0, 0.05) is 12.3 Å². The van der Waals surface area contributed by atoms with Crippen LogP contribution >= 0.6 is 11.6 Å². The summed E-state index contributed by atoms with van der Waals surface area (Å²) < 4.78 is 4.81. The lowest BCUT2D eigenvalue weighted by atomic mass is 10.1. The van der Waals surface area contributed by atoms with E-state index in [1.807, 2.05) is 0 Å². The van der Waals surface area contributed by atoms with Crippen molar-refractivity contribution in [2.45, 2.75) is 38.2 Å². The maximum atomic E-state index is 11.0. The first-order valence-electron chi connectivity index (χ1n) is 5.21. The molecule has 0 bridgehead atoms. The van der Waals surface area contributed by atoms with Gasteiger partial charge in [-0.15, -0.1) is 11.6 Å². The summed E-state index contributed by atoms with van der Waals surface area (Å²) in [6, 6.07) is 0. The summed E-state index contributed by atoms with van der Waals surface area (Å²) in [5.41, 5.74) is 0. The van der Waals surface area contributed by atoms with Crippen LogP contribution in [0, 0.1) is 0 Å². The molecule has 0 amide bonds. The number of halogens is 1. The van der Waals surface area contributed by atoms with Gasteiger partial charge in [-0.05, 0) is 19.3 Å². The highest BCUT2D eigenvalue weighted by Gasteiger charge is 2.05. The van der Waals surface area contributed by atoms with Crippen molar-refractivity contribution in [2.24, 2.45) is 0 Å². The van der Waals surface area contributed by atoms with Gasteiger partial charge >= 0.3 is 5.97 Å². The second kappa shape index (κ2) is 9.99. The fraction of sp³-hybridized carbons (Fsp3) is 0.727. The molecular formula is C11H19ClO3. The Morgan fingerprint density at radius 2 is 2.20 bits per heavy atom. The average Bonchev–Trinajstić information content (AvgIpc) is 2.22. The smallest absolute Gasteiger partial charge is 0.306 e. The molecule has 4 heteroatoms. The van der Waals surface area contributed by atoms with Crippen LogP contribution in [0.5, 0.6) is 0 Å². The number of carbonyl (C=O) groups excluding carboxylic acids is 1. The van der Waals surface area contributed by atoms with E-state index in [4.69, 9.17) is 16.3 Å². The molecule has 0 aromatic rings. The Balaban J connectivity index is 3.29. The van der Waals surface area contributed by atoms with Gasteiger partial charge in [0.1, 0.15) is 6.61 Å². The lowest BCUT2D eigenvalue weighted by Gasteiger charge is -2.07. The van der Waals surface area contributed by atoms with Crippen molar-refractivity contribution in [3.63, 3.8) is 0 Å². The summed E-state index contributed by atoms with van der Waals surface area (Å²) in [4.78, 5) is 11.0. The van der Waals surface area contributed by atoms with Gasteiger partial charge in [-0.25, -0.2) is 0 Å². The van der Waals surface area contributed by atoms with Crippen molar-refractivity contribution in [1.82, 2.24) is 0 Å². The summed E-state index contributed by atoms with van der Waals surface area (Å²) in [6.07, 6.45) is 4.48. The minimum absolute atomic E-state index is 0.207. The van der Waals surface area contributed by atoms with Crippen LogP contribution in [-0.2, 0) is 9.53 Å². The van der Waals surface area contributed by atoms with Crippen molar-refractivity contribution in [3.05, 3.63) is 12.7 Å². The average molecular weight is 235 g/mol. The van der Waals surface area contributed by atoms with Crippen LogP contribution in [0.2, 0.25) is 0 Å². The van der Waals surface area contributed by atoms with Crippen LogP contribution < -0.4 is 0 Å². The van der Waals surface area contributed by atoms with Crippen LogP contribution in [-0.4, -0.2) is 29.7 Å². The number of unbranched alkanes of at least 4 members (excludes halogenated alkanes) is 1. The molecule has 0 aliphatic rings. The zero-order valence-electron chi connectivity index (χ0n) is 8.95. The van der Waals surface area contributed by atoms with Crippen LogP contribution in [0.4, 0.5) is 0 Å². The summed E-state index contributed by atoms with van der Waals surface area (Å²) >= 11 is 5.47. The van der Waals surface area contributed by atoms with Crippen molar-refractivity contribution in [2.75, 3.05) is 12.5 Å². The minimum atomic E-state index is -0.341. The van der Waals surface area contributed by atoms with E-state index in [0.29, 0.717) is 25.1 Å². The van der Waals surface area contributed by atoms with Gasteiger partial charge < -0.3 is 9.84 Å². The summed E-state index contributed by atoms with van der Waals surface area (Å²) in [6.45, 7) is 3.72. The molecule has 0 rings (SSSR count). The first-order chi connectivity index (χ1) is 7.20. The van der Waals surface area contributed by atoms with Gasteiger partial charge in [0.25, 0.3) is 0 Å². The predicted molar refractivity (Wildman–Crippen MR) is 61.0 cm³/mol. The van der Waals surface area contributed by atoms with Crippen LogP contribution in [0.15, 0.2) is 12.7 Å². The number of aliphatic hydroxyl groups is 1. The van der Waals surface area contributed by atoms with E-state index in [0.717, 1.165) is 12.8 Å². The Morgan fingerprint density at radius 1 is 1.47 bits per heavy atom. The third kappa shape index (κ3) is 9.76. The van der Waals surface area contributed by atoms with Crippen molar-refractivity contribution in [1.29, 1.82) is 0 Å². The third-order valence-corrected chi connectivity index (χ3v) is 2.19. The van der Waals surface area contributed by atoms with E-state index in [2.05, 4.69) is 6.58 Å². The van der Waals surface area contributed by atoms with Gasteiger partial charge in [-0.3, -0.25) is 4.79 Å². The fourth-order valence-corrected chi connectivity index (χ4v) is 1.40. The normalized spacial score (nSPS) is 12.1. The number of aliphatic hydroxyl groups excluding tert-OH is 1. The molecular weight excluding hydrogens is 216 g/mol. The van der Waals surface area contributed by atoms with E-state index >= 15 is 0 Å². The molecule has 0 unspecified atom stereocenters. The minimum Gasteiger partial charge on any atom is -0.461 e. The number of carbonyl (C=O) groups is 1. The van der Waals surface area contributed by atoms with Gasteiger partial charge in [-0.1, -0.05) is 19.1 Å². The highest BCUT2D eigenvalue weighted by Crippen LogP contribution is 2.07. The first-order valence-corrected chi connectivity index (χ1v) is 5.74. The number of esters is 1. The number of rotatable bonds is 9. The third-order valence-electron chi connectivity index (χ3n) is 1.97. The second-order valence-electron chi connectivity index (χ2n) is 3.35. The summed E-state index contributed by atoms with van der Waals surface area (Å²) in [7, 11) is 0. The Labute approximate surface area is 96.1 Å². The molecule has 0 saturated heterocycles. The van der Waals surface area contributed by atoms with Gasteiger partial charge in [0.05, 0.1) is 6.10 Å². The highest BCUT2D eigenvalue weighted by atomic mass is 35.5. The SMILES string of the molecule is C=CCOC(=O)CCCC[C@H](O)CCCl. The number of hydrogen-bond acceptors (Lipinski definition) is 3. The Hall–Kier alpha value is -0.540.